The van der Waals surface area contributed by atoms with E-state index in [-0.39, 0.29) is 36.4 Å². The fourth-order valence-corrected chi connectivity index (χ4v) is 11.1. The van der Waals surface area contributed by atoms with Crippen molar-refractivity contribution in [2.75, 3.05) is 64.0 Å². The number of piperidine rings is 2. The average Bonchev–Trinajstić information content (AvgIpc) is 4.03. The Balaban J connectivity index is 0.667. The molecule has 1 N–H and O–H groups in total. The summed E-state index contributed by atoms with van der Waals surface area (Å²) in [6, 6.07) is 22.4. The van der Waals surface area contributed by atoms with Crippen molar-refractivity contribution in [3.05, 3.63) is 147 Å². The SMILES string of the molecule is Cn1cnnc1CC1(c2cccc(-n3cc4c(C(F)(F)F)cc(CN5CCC[C@@H](OCCc6ccc(CN7CCN(c8ccc9c(c8)CN([C@@H]8CCC(=O)NC8=O)C9=O)CC7)cc6)C5)cn4c3=O)c2)COC1. The molecule has 4 saturated heterocycles. The third-order valence-corrected chi connectivity index (χ3v) is 15.2. The minimum Gasteiger partial charge on any atom is -0.379 e. The number of benzene rings is 3. The van der Waals surface area contributed by atoms with E-state index in [4.69, 9.17) is 9.47 Å². The van der Waals surface area contributed by atoms with Gasteiger partial charge < -0.3 is 23.8 Å². The van der Waals surface area contributed by atoms with Gasteiger partial charge in [-0.2, -0.15) is 13.2 Å². The van der Waals surface area contributed by atoms with Gasteiger partial charge in [0, 0.05) is 101 Å². The van der Waals surface area contributed by atoms with E-state index in [1.165, 1.54) is 22.4 Å². The van der Waals surface area contributed by atoms with Gasteiger partial charge in [0.1, 0.15) is 18.2 Å². The van der Waals surface area contributed by atoms with Gasteiger partial charge in [0.05, 0.1) is 42.7 Å². The lowest BCUT2D eigenvalue weighted by atomic mass is 9.75. The highest BCUT2D eigenvalue weighted by atomic mass is 19.4. The maximum absolute atomic E-state index is 14.7. The Morgan fingerprint density at radius 2 is 1.64 bits per heavy atom. The molecule has 19 heteroatoms. The number of nitrogens with one attached hydrogen (secondary N) is 1. The Bertz CT molecular complexity index is 3080. The van der Waals surface area contributed by atoms with Gasteiger partial charge in [-0.05, 0) is 96.4 Å². The van der Waals surface area contributed by atoms with Crippen molar-refractivity contribution in [1.29, 1.82) is 0 Å². The van der Waals surface area contributed by atoms with Crippen molar-refractivity contribution < 1.29 is 37.0 Å². The summed E-state index contributed by atoms with van der Waals surface area (Å²) in [5, 5.41) is 10.6. The number of likely N-dealkylation sites (tertiary alicyclic amines) is 1. The molecule has 5 aliphatic heterocycles. The summed E-state index contributed by atoms with van der Waals surface area (Å²) in [6.45, 7) is 7.59. The number of hydrogen-bond acceptors (Lipinski definition) is 11. The highest BCUT2D eigenvalue weighted by molar-refractivity contribution is 6.05. The van der Waals surface area contributed by atoms with E-state index in [0.29, 0.717) is 69.1 Å². The van der Waals surface area contributed by atoms with E-state index >= 15 is 0 Å². The van der Waals surface area contributed by atoms with Crippen LogP contribution in [0.2, 0.25) is 0 Å². The summed E-state index contributed by atoms with van der Waals surface area (Å²) in [4.78, 5) is 59.8. The van der Waals surface area contributed by atoms with Crippen LogP contribution in [0.15, 0.2) is 96.3 Å². The number of amides is 3. The summed E-state index contributed by atoms with van der Waals surface area (Å²) in [7, 11) is 1.87. The van der Waals surface area contributed by atoms with E-state index in [9.17, 15) is 32.3 Å². The molecule has 11 rings (SSSR count). The third kappa shape index (κ3) is 9.57. The highest BCUT2D eigenvalue weighted by Gasteiger charge is 2.43. The number of aromatic nitrogens is 5. The van der Waals surface area contributed by atoms with Gasteiger partial charge >= 0.3 is 11.9 Å². The standard InChI is InChI=1S/C53H57F3N10O6/c1-60-34-57-59-47(60)25-52(32-71-33-52)39-4-2-5-41(24-39)64-31-46-44(53(54,55)56)22-37(28-66(46)51(64)70)27-62-16-3-6-42(30-62)72-21-15-35-7-9-36(10-8-35)26-61-17-19-63(20-18-61)40-11-12-43-38(23-40)29-65(50(43)69)45-13-14-48(67)58-49(45)68/h2,4-5,7-12,22-24,28,31,34,42,45H,3,6,13-21,25-27,29-30,32-33H2,1H3,(H,58,67,68)/t42-,45-/m1/s1. The number of carbonyl (C=O) groups is 3. The van der Waals surface area contributed by atoms with Gasteiger partial charge in [0.25, 0.3) is 5.91 Å². The molecule has 0 aliphatic carbocycles. The van der Waals surface area contributed by atoms with Crippen LogP contribution in [0.5, 0.6) is 0 Å². The molecule has 8 heterocycles. The molecule has 0 spiro atoms. The summed E-state index contributed by atoms with van der Waals surface area (Å²) >= 11 is 0. The van der Waals surface area contributed by atoms with E-state index in [1.807, 2.05) is 41.9 Å². The van der Waals surface area contributed by atoms with Crippen LogP contribution in [0.25, 0.3) is 11.2 Å². The number of imidazole rings is 1. The Morgan fingerprint density at radius 3 is 2.38 bits per heavy atom. The van der Waals surface area contributed by atoms with Gasteiger partial charge in [-0.1, -0.05) is 36.4 Å². The van der Waals surface area contributed by atoms with Crippen LogP contribution in [0.3, 0.4) is 0 Å². The number of piperazine rings is 1. The minimum absolute atomic E-state index is 0.0663. The predicted molar refractivity (Wildman–Crippen MR) is 260 cm³/mol. The van der Waals surface area contributed by atoms with Crippen molar-refractivity contribution in [3.63, 3.8) is 0 Å². The van der Waals surface area contributed by atoms with Gasteiger partial charge in [-0.25, -0.2) is 4.79 Å². The number of hydrogen-bond donors (Lipinski definition) is 1. The van der Waals surface area contributed by atoms with Crippen LogP contribution in [0.4, 0.5) is 18.9 Å². The highest BCUT2D eigenvalue weighted by Crippen LogP contribution is 2.38. The molecule has 6 aromatic rings. The monoisotopic (exact) mass is 986 g/mol. The van der Waals surface area contributed by atoms with Gasteiger partial charge in [0.2, 0.25) is 11.8 Å². The largest absolute Gasteiger partial charge is 0.418 e. The van der Waals surface area contributed by atoms with E-state index in [1.54, 1.807) is 23.5 Å². The molecule has 0 radical (unpaired) electrons. The molecule has 3 aromatic heterocycles. The number of imide groups is 1. The van der Waals surface area contributed by atoms with Crippen molar-refractivity contribution >= 4 is 28.9 Å². The van der Waals surface area contributed by atoms with E-state index in [2.05, 4.69) is 60.5 Å². The molecule has 376 valence electrons. The third-order valence-electron chi connectivity index (χ3n) is 15.2. The average molecular weight is 987 g/mol. The minimum atomic E-state index is -4.68. The Hall–Kier alpha value is -6.67. The first-order valence-electron chi connectivity index (χ1n) is 24.8. The lowest BCUT2D eigenvalue weighted by molar-refractivity contribution is -0.137. The number of nitrogens with zero attached hydrogens (tertiary/aromatic N) is 9. The van der Waals surface area contributed by atoms with Crippen molar-refractivity contribution in [1.82, 2.24) is 43.7 Å². The van der Waals surface area contributed by atoms with Crippen LogP contribution in [0, 0.1) is 0 Å². The fraction of sp³-hybridized carbons (Fsp3) is 0.434. The quantitative estimate of drug-likeness (QED) is 0.146. The normalized spacial score (nSPS) is 20.8. The summed E-state index contributed by atoms with van der Waals surface area (Å²) in [6.07, 6.45) is 3.28. The summed E-state index contributed by atoms with van der Waals surface area (Å²) < 4.78 is 60.5. The lowest BCUT2D eigenvalue weighted by Crippen LogP contribution is -2.52. The Kier molecular flexibility index (Phi) is 12.8. The Labute approximate surface area is 413 Å². The maximum atomic E-state index is 14.7. The number of aryl methyl sites for hydroxylation is 1. The van der Waals surface area contributed by atoms with Crippen molar-refractivity contribution in [3.8, 4) is 5.69 Å². The zero-order valence-electron chi connectivity index (χ0n) is 40.2. The van der Waals surface area contributed by atoms with Crippen molar-refractivity contribution in [2.24, 2.45) is 7.05 Å². The molecule has 4 fully saturated rings. The van der Waals surface area contributed by atoms with Crippen molar-refractivity contribution in [2.45, 2.75) is 81.9 Å². The second kappa shape index (κ2) is 19.4. The molecule has 5 aliphatic rings. The Morgan fingerprint density at radius 1 is 0.847 bits per heavy atom. The summed E-state index contributed by atoms with van der Waals surface area (Å²) in [5.74, 6) is -0.0877. The second-order valence-electron chi connectivity index (χ2n) is 20.1. The zero-order valence-corrected chi connectivity index (χ0v) is 40.2. The first-order valence-corrected chi connectivity index (χ1v) is 24.8. The van der Waals surface area contributed by atoms with Gasteiger partial charge in [-0.3, -0.25) is 38.5 Å². The molecule has 16 nitrogen and oxygen atoms in total. The molecule has 3 amide bonds. The van der Waals surface area contributed by atoms with Crippen LogP contribution < -0.4 is 15.9 Å². The number of rotatable bonds is 14. The number of fused-ring (bicyclic) bond motifs is 2. The molecular formula is C53H57F3N10O6. The number of halogens is 3. The van der Waals surface area contributed by atoms with Crippen LogP contribution in [0.1, 0.15) is 75.2 Å². The van der Waals surface area contributed by atoms with Crippen LogP contribution in [-0.2, 0) is 70.2 Å². The van der Waals surface area contributed by atoms with E-state index in [0.717, 1.165) is 84.6 Å². The molecule has 3 aromatic carbocycles. The van der Waals surface area contributed by atoms with Crippen LogP contribution >= 0.6 is 0 Å². The number of alkyl halides is 3. The zero-order chi connectivity index (χ0) is 49.7. The topological polar surface area (TPSA) is 152 Å². The number of ether oxygens (including phenoxy) is 2. The predicted octanol–water partition coefficient (Wildman–Crippen LogP) is 5.06. The van der Waals surface area contributed by atoms with E-state index < -0.39 is 34.8 Å². The first kappa shape index (κ1) is 47.6. The van der Waals surface area contributed by atoms with Gasteiger partial charge in [-0.15, -0.1) is 10.2 Å². The second-order valence-corrected chi connectivity index (χ2v) is 20.1. The lowest BCUT2D eigenvalue weighted by Gasteiger charge is -2.41. The number of pyridine rings is 1. The molecule has 0 saturated carbocycles. The molecule has 0 bridgehead atoms. The number of carbonyl (C=O) groups excluding carboxylic acids is 3. The molecule has 0 unspecified atom stereocenters. The molecule has 72 heavy (non-hydrogen) atoms. The molecule has 2 atom stereocenters. The maximum Gasteiger partial charge on any atom is 0.418 e. The first-order chi connectivity index (χ1) is 34.8. The van der Waals surface area contributed by atoms with Gasteiger partial charge in [0.15, 0.2) is 0 Å². The fourth-order valence-electron chi connectivity index (χ4n) is 11.1. The smallest absolute Gasteiger partial charge is 0.379 e. The summed E-state index contributed by atoms with van der Waals surface area (Å²) in [5.41, 5.74) is 4.71. The number of anilines is 1. The van der Waals surface area contributed by atoms with Crippen LogP contribution in [-0.4, -0.2) is 127 Å². The molecular weight excluding hydrogens is 930 g/mol.